The molecule has 2 saturated carbocycles. The van der Waals surface area contributed by atoms with Crippen LogP contribution in [0.15, 0.2) is 0 Å². The number of ether oxygens (including phenoxy) is 3. The van der Waals surface area contributed by atoms with Gasteiger partial charge in [-0.25, -0.2) is 0 Å². The molecule has 0 spiro atoms. The quantitative estimate of drug-likeness (QED) is 0.544. The van der Waals surface area contributed by atoms with E-state index in [2.05, 4.69) is 0 Å². The molecule has 1 saturated heterocycles. The SMILES string of the molecule is C[C@@H]1OC(=O)[C@@H](N)CCC[C@H](CCOCC2CC2)[C@H]1OCC1CC1. The number of cyclic esters (lactones) is 1. The largest absolute Gasteiger partial charge is 0.459 e. The fraction of sp³-hybridized carbons (Fsp3) is 0.947. The van der Waals surface area contributed by atoms with Crippen molar-refractivity contribution in [2.75, 3.05) is 19.8 Å². The van der Waals surface area contributed by atoms with Crippen LogP contribution in [-0.2, 0) is 19.0 Å². The molecule has 138 valence electrons. The van der Waals surface area contributed by atoms with Gasteiger partial charge in [0.05, 0.1) is 6.10 Å². The minimum Gasteiger partial charge on any atom is -0.459 e. The Hall–Kier alpha value is -0.650. The zero-order valence-corrected chi connectivity index (χ0v) is 15.0. The minimum absolute atomic E-state index is 0.0376. The Morgan fingerprint density at radius 3 is 2.50 bits per heavy atom. The van der Waals surface area contributed by atoms with Gasteiger partial charge in [0.15, 0.2) is 0 Å². The van der Waals surface area contributed by atoms with Crippen molar-refractivity contribution < 1.29 is 19.0 Å². The van der Waals surface area contributed by atoms with Gasteiger partial charge in [0.1, 0.15) is 12.1 Å². The molecule has 2 aliphatic carbocycles. The maximum absolute atomic E-state index is 12.0. The standard InChI is InChI=1S/C19H33NO4/c1-13-18(23-12-15-7-8-15)16(9-10-22-11-14-5-6-14)3-2-4-17(20)19(21)24-13/h13-18H,2-12,20H2,1H3/t13-,16+,17-,18-/m0/s1. The maximum atomic E-state index is 12.0. The van der Waals surface area contributed by atoms with Gasteiger partial charge in [-0.05, 0) is 69.6 Å². The van der Waals surface area contributed by atoms with Crippen LogP contribution in [-0.4, -0.2) is 44.0 Å². The van der Waals surface area contributed by atoms with Crippen LogP contribution in [0.25, 0.3) is 0 Å². The highest BCUT2D eigenvalue weighted by molar-refractivity contribution is 5.75. The number of rotatable bonds is 8. The average molecular weight is 339 g/mol. The normalized spacial score (nSPS) is 35.0. The summed E-state index contributed by atoms with van der Waals surface area (Å²) in [5, 5.41) is 0. The van der Waals surface area contributed by atoms with Crippen molar-refractivity contribution in [1.82, 2.24) is 0 Å². The first kappa shape index (κ1) is 18.2. The number of esters is 1. The smallest absolute Gasteiger partial charge is 0.323 e. The van der Waals surface area contributed by atoms with Crippen LogP contribution in [0.4, 0.5) is 0 Å². The lowest BCUT2D eigenvalue weighted by atomic mass is 9.89. The molecule has 0 aromatic carbocycles. The third-order valence-electron chi connectivity index (χ3n) is 5.53. The van der Waals surface area contributed by atoms with Crippen molar-refractivity contribution in [3.63, 3.8) is 0 Å². The summed E-state index contributed by atoms with van der Waals surface area (Å²) in [6.07, 6.45) is 8.53. The van der Waals surface area contributed by atoms with Gasteiger partial charge in [-0.2, -0.15) is 0 Å². The van der Waals surface area contributed by atoms with E-state index in [0.717, 1.165) is 45.0 Å². The molecule has 3 rings (SSSR count). The second-order valence-corrected chi connectivity index (χ2v) is 7.99. The fourth-order valence-corrected chi connectivity index (χ4v) is 3.48. The molecule has 0 aromatic rings. The third kappa shape index (κ3) is 5.71. The lowest BCUT2D eigenvalue weighted by molar-refractivity contribution is -0.160. The Morgan fingerprint density at radius 2 is 1.79 bits per heavy atom. The first-order valence-electron chi connectivity index (χ1n) is 9.79. The van der Waals surface area contributed by atoms with Crippen molar-refractivity contribution in [1.29, 1.82) is 0 Å². The molecule has 0 amide bonds. The maximum Gasteiger partial charge on any atom is 0.323 e. The summed E-state index contributed by atoms with van der Waals surface area (Å²) >= 11 is 0. The van der Waals surface area contributed by atoms with Crippen molar-refractivity contribution in [3.05, 3.63) is 0 Å². The van der Waals surface area contributed by atoms with Crippen molar-refractivity contribution >= 4 is 5.97 Å². The molecule has 1 heterocycles. The topological polar surface area (TPSA) is 70.8 Å². The minimum atomic E-state index is -0.499. The van der Waals surface area contributed by atoms with Gasteiger partial charge in [-0.1, -0.05) is 6.42 Å². The Morgan fingerprint density at radius 1 is 1.08 bits per heavy atom. The summed E-state index contributed by atoms with van der Waals surface area (Å²) in [4.78, 5) is 12.0. The lowest BCUT2D eigenvalue weighted by Crippen LogP contribution is -2.40. The molecule has 5 nitrogen and oxygen atoms in total. The zero-order valence-electron chi connectivity index (χ0n) is 15.0. The number of nitrogens with two attached hydrogens (primary N) is 1. The number of carbonyl (C=O) groups excluding carboxylic acids is 1. The van der Waals surface area contributed by atoms with Crippen molar-refractivity contribution in [3.8, 4) is 0 Å². The molecule has 24 heavy (non-hydrogen) atoms. The molecule has 3 aliphatic rings. The number of hydrogen-bond donors (Lipinski definition) is 1. The molecule has 3 fully saturated rings. The summed E-state index contributed by atoms with van der Waals surface area (Å²) in [5.41, 5.74) is 5.92. The first-order chi connectivity index (χ1) is 11.6. The molecule has 0 radical (unpaired) electrons. The number of carbonyl (C=O) groups is 1. The Balaban J connectivity index is 1.55. The van der Waals surface area contributed by atoms with Crippen LogP contribution in [0.3, 0.4) is 0 Å². The molecular weight excluding hydrogens is 306 g/mol. The average Bonchev–Trinajstić information content (AvgIpc) is 3.44. The van der Waals surface area contributed by atoms with E-state index in [9.17, 15) is 4.79 Å². The highest BCUT2D eigenvalue weighted by Crippen LogP contribution is 2.33. The van der Waals surface area contributed by atoms with E-state index in [4.69, 9.17) is 19.9 Å². The van der Waals surface area contributed by atoms with E-state index in [0.29, 0.717) is 18.3 Å². The summed E-state index contributed by atoms with van der Waals surface area (Å²) in [7, 11) is 0. The van der Waals surface area contributed by atoms with Gasteiger partial charge >= 0.3 is 5.97 Å². The monoisotopic (exact) mass is 339 g/mol. The predicted molar refractivity (Wildman–Crippen MR) is 91.5 cm³/mol. The third-order valence-corrected chi connectivity index (χ3v) is 5.53. The molecule has 0 aromatic heterocycles. The molecule has 2 N–H and O–H groups in total. The van der Waals surface area contributed by atoms with Gasteiger partial charge in [0.25, 0.3) is 0 Å². The van der Waals surface area contributed by atoms with Gasteiger partial charge in [-0.3, -0.25) is 4.79 Å². The molecular formula is C19H33NO4. The number of hydrogen-bond acceptors (Lipinski definition) is 5. The van der Waals surface area contributed by atoms with Gasteiger partial charge in [0, 0.05) is 19.8 Å². The Bertz CT molecular complexity index is 408. The molecule has 0 bridgehead atoms. The van der Waals surface area contributed by atoms with Crippen LogP contribution >= 0.6 is 0 Å². The van der Waals surface area contributed by atoms with E-state index in [-0.39, 0.29) is 18.2 Å². The van der Waals surface area contributed by atoms with E-state index >= 15 is 0 Å². The van der Waals surface area contributed by atoms with E-state index < -0.39 is 6.04 Å². The van der Waals surface area contributed by atoms with E-state index in [1.165, 1.54) is 25.7 Å². The molecule has 4 atom stereocenters. The highest BCUT2D eigenvalue weighted by atomic mass is 16.6. The van der Waals surface area contributed by atoms with Gasteiger partial charge in [0.2, 0.25) is 0 Å². The molecule has 1 aliphatic heterocycles. The molecule has 0 unspecified atom stereocenters. The molecule has 5 heteroatoms. The Kier molecular flexibility index (Phi) is 6.53. The van der Waals surface area contributed by atoms with E-state index in [1.54, 1.807) is 0 Å². The zero-order chi connectivity index (χ0) is 16.9. The predicted octanol–water partition coefficient (Wildman–Crippen LogP) is 2.66. The summed E-state index contributed by atoms with van der Waals surface area (Å²) < 4.78 is 17.7. The van der Waals surface area contributed by atoms with Crippen LogP contribution in [0, 0.1) is 17.8 Å². The summed E-state index contributed by atoms with van der Waals surface area (Å²) in [6, 6.07) is -0.499. The van der Waals surface area contributed by atoms with Crippen molar-refractivity contribution in [2.24, 2.45) is 23.5 Å². The van der Waals surface area contributed by atoms with E-state index in [1.807, 2.05) is 6.92 Å². The van der Waals surface area contributed by atoms with Crippen LogP contribution in [0.2, 0.25) is 0 Å². The van der Waals surface area contributed by atoms with Crippen LogP contribution < -0.4 is 5.73 Å². The highest BCUT2D eigenvalue weighted by Gasteiger charge is 2.35. The summed E-state index contributed by atoms with van der Waals surface area (Å²) in [6.45, 7) is 4.41. The van der Waals surface area contributed by atoms with Crippen LogP contribution in [0.1, 0.15) is 58.3 Å². The second kappa shape index (κ2) is 8.63. The lowest BCUT2D eigenvalue weighted by Gasteiger charge is -2.31. The Labute approximate surface area is 145 Å². The summed E-state index contributed by atoms with van der Waals surface area (Å²) in [5.74, 6) is 1.59. The fourth-order valence-electron chi connectivity index (χ4n) is 3.48. The second-order valence-electron chi connectivity index (χ2n) is 7.99. The van der Waals surface area contributed by atoms with Crippen LogP contribution in [0.5, 0.6) is 0 Å². The van der Waals surface area contributed by atoms with Gasteiger partial charge < -0.3 is 19.9 Å². The first-order valence-corrected chi connectivity index (χ1v) is 9.79. The van der Waals surface area contributed by atoms with Crippen molar-refractivity contribution in [2.45, 2.75) is 76.5 Å². The van der Waals surface area contributed by atoms with Gasteiger partial charge in [-0.15, -0.1) is 0 Å².